The number of halogens is 1. The molecule has 0 saturated carbocycles. The monoisotopic (exact) mass is 372 g/mol. The Bertz CT molecular complexity index is 765. The van der Waals surface area contributed by atoms with Gasteiger partial charge in [0.15, 0.2) is 0 Å². The van der Waals surface area contributed by atoms with Crippen LogP contribution in [-0.4, -0.2) is 31.5 Å². The van der Waals surface area contributed by atoms with Crippen LogP contribution in [0.25, 0.3) is 0 Å². The molecule has 2 rings (SSSR count). The molecule has 0 saturated heterocycles. The van der Waals surface area contributed by atoms with E-state index in [1.54, 1.807) is 36.4 Å². The lowest BCUT2D eigenvalue weighted by Gasteiger charge is -2.10. The summed E-state index contributed by atoms with van der Waals surface area (Å²) in [5.74, 6) is -0.0560. The molecule has 0 aliphatic heterocycles. The molecular formula is C21H25FN2O3. The summed E-state index contributed by atoms with van der Waals surface area (Å²) < 4.78 is 18.9. The van der Waals surface area contributed by atoms with E-state index in [0.717, 1.165) is 0 Å². The summed E-state index contributed by atoms with van der Waals surface area (Å²) in [5.41, 5.74) is 1.06. The van der Waals surface area contributed by atoms with E-state index in [4.69, 9.17) is 4.74 Å². The first-order valence-corrected chi connectivity index (χ1v) is 9.12. The second kappa shape index (κ2) is 11.0. The normalized spacial score (nSPS) is 10.3. The van der Waals surface area contributed by atoms with Gasteiger partial charge in [-0.2, -0.15) is 0 Å². The van der Waals surface area contributed by atoms with Gasteiger partial charge in [0.1, 0.15) is 11.6 Å². The van der Waals surface area contributed by atoms with Crippen molar-refractivity contribution in [2.45, 2.75) is 26.2 Å². The van der Waals surface area contributed by atoms with Crippen molar-refractivity contribution in [3.63, 3.8) is 0 Å². The molecule has 0 spiro atoms. The van der Waals surface area contributed by atoms with Crippen LogP contribution in [0.1, 0.15) is 35.7 Å². The van der Waals surface area contributed by atoms with Gasteiger partial charge < -0.3 is 15.4 Å². The molecule has 2 N–H and O–H groups in total. The number of hydrogen-bond donors (Lipinski definition) is 2. The van der Waals surface area contributed by atoms with Gasteiger partial charge in [0.05, 0.1) is 12.2 Å². The van der Waals surface area contributed by atoms with Crippen molar-refractivity contribution in [3.8, 4) is 5.75 Å². The molecule has 6 heteroatoms. The molecule has 0 aliphatic carbocycles. The third kappa shape index (κ3) is 6.73. The Kier molecular flexibility index (Phi) is 8.29. The predicted molar refractivity (Wildman–Crippen MR) is 102 cm³/mol. The van der Waals surface area contributed by atoms with Crippen LogP contribution in [0.5, 0.6) is 5.75 Å². The number of rotatable bonds is 10. The third-order valence-electron chi connectivity index (χ3n) is 3.97. The van der Waals surface area contributed by atoms with Gasteiger partial charge in [0, 0.05) is 19.5 Å². The summed E-state index contributed by atoms with van der Waals surface area (Å²) in [4.78, 5) is 24.1. The van der Waals surface area contributed by atoms with Gasteiger partial charge >= 0.3 is 0 Å². The topological polar surface area (TPSA) is 67.4 Å². The highest BCUT2D eigenvalue weighted by atomic mass is 19.1. The van der Waals surface area contributed by atoms with Crippen molar-refractivity contribution in [1.29, 1.82) is 0 Å². The first-order valence-electron chi connectivity index (χ1n) is 9.12. The number of amides is 2. The Morgan fingerprint density at radius 2 is 1.74 bits per heavy atom. The van der Waals surface area contributed by atoms with Gasteiger partial charge in [-0.05, 0) is 43.5 Å². The van der Waals surface area contributed by atoms with Crippen LogP contribution >= 0.6 is 0 Å². The molecular weight excluding hydrogens is 347 g/mol. The van der Waals surface area contributed by atoms with E-state index in [-0.39, 0.29) is 17.6 Å². The number of benzene rings is 2. The van der Waals surface area contributed by atoms with Gasteiger partial charge in [-0.1, -0.05) is 30.3 Å². The van der Waals surface area contributed by atoms with E-state index in [1.165, 1.54) is 6.07 Å². The Hall–Kier alpha value is -2.89. The highest BCUT2D eigenvalue weighted by Gasteiger charge is 2.11. The Morgan fingerprint density at radius 3 is 2.52 bits per heavy atom. The highest BCUT2D eigenvalue weighted by molar-refractivity contribution is 5.96. The number of para-hydroxylation sites is 1. The maximum absolute atomic E-state index is 13.5. The van der Waals surface area contributed by atoms with Crippen molar-refractivity contribution in [2.75, 3.05) is 19.7 Å². The zero-order chi connectivity index (χ0) is 19.5. The molecule has 0 aliphatic rings. The Labute approximate surface area is 158 Å². The van der Waals surface area contributed by atoms with Crippen molar-refractivity contribution < 1.29 is 18.7 Å². The number of carbonyl (C=O) groups excluding carboxylic acids is 2. The van der Waals surface area contributed by atoms with Crippen LogP contribution in [-0.2, 0) is 11.2 Å². The van der Waals surface area contributed by atoms with Crippen LogP contribution in [0.15, 0.2) is 48.5 Å². The number of nitrogens with one attached hydrogen (secondary N) is 2. The van der Waals surface area contributed by atoms with Crippen molar-refractivity contribution in [3.05, 3.63) is 65.5 Å². The SMILES string of the molecule is CCOc1ccccc1C(=O)NCCCC(=O)NCCc1ccccc1F. The molecule has 0 aromatic heterocycles. The smallest absolute Gasteiger partial charge is 0.255 e. The minimum Gasteiger partial charge on any atom is -0.493 e. The van der Waals surface area contributed by atoms with Crippen LogP contribution in [0, 0.1) is 5.82 Å². The van der Waals surface area contributed by atoms with E-state index in [9.17, 15) is 14.0 Å². The number of hydrogen-bond acceptors (Lipinski definition) is 3. The van der Waals surface area contributed by atoms with E-state index in [1.807, 2.05) is 13.0 Å². The molecule has 0 atom stereocenters. The zero-order valence-corrected chi connectivity index (χ0v) is 15.5. The predicted octanol–water partition coefficient (Wildman–Crippen LogP) is 3.09. The third-order valence-corrected chi connectivity index (χ3v) is 3.97. The minimum absolute atomic E-state index is 0.115. The van der Waals surface area contributed by atoms with Gasteiger partial charge in [-0.25, -0.2) is 4.39 Å². The van der Waals surface area contributed by atoms with E-state index in [2.05, 4.69) is 10.6 Å². The molecule has 27 heavy (non-hydrogen) atoms. The lowest BCUT2D eigenvalue weighted by molar-refractivity contribution is -0.121. The second-order valence-electron chi connectivity index (χ2n) is 5.98. The van der Waals surface area contributed by atoms with Crippen molar-refractivity contribution in [1.82, 2.24) is 10.6 Å². The first kappa shape index (κ1) is 20.4. The average molecular weight is 372 g/mol. The van der Waals surface area contributed by atoms with Gasteiger partial charge in [-0.15, -0.1) is 0 Å². The maximum atomic E-state index is 13.5. The molecule has 0 fully saturated rings. The summed E-state index contributed by atoms with van der Waals surface area (Å²) in [6.45, 7) is 3.12. The summed E-state index contributed by atoms with van der Waals surface area (Å²) in [7, 11) is 0. The molecule has 0 unspecified atom stereocenters. The van der Waals surface area contributed by atoms with Gasteiger partial charge in [0.25, 0.3) is 5.91 Å². The van der Waals surface area contributed by atoms with E-state index in [0.29, 0.717) is 55.8 Å². The maximum Gasteiger partial charge on any atom is 0.255 e. The Balaban J connectivity index is 1.65. The summed E-state index contributed by atoms with van der Waals surface area (Å²) in [6, 6.07) is 13.6. The minimum atomic E-state index is -0.262. The quantitative estimate of drug-likeness (QED) is 0.630. The van der Waals surface area contributed by atoms with E-state index >= 15 is 0 Å². The number of carbonyl (C=O) groups is 2. The van der Waals surface area contributed by atoms with Crippen LogP contribution in [0.3, 0.4) is 0 Å². The molecule has 0 bridgehead atoms. The lowest BCUT2D eigenvalue weighted by atomic mass is 10.1. The largest absolute Gasteiger partial charge is 0.493 e. The number of ether oxygens (including phenoxy) is 1. The molecule has 5 nitrogen and oxygen atoms in total. The second-order valence-corrected chi connectivity index (χ2v) is 5.98. The summed E-state index contributed by atoms with van der Waals surface area (Å²) in [5, 5.41) is 5.56. The van der Waals surface area contributed by atoms with Crippen molar-refractivity contribution in [2.24, 2.45) is 0 Å². The summed E-state index contributed by atoms with van der Waals surface area (Å²) in [6.07, 6.45) is 1.27. The fraction of sp³-hybridized carbons (Fsp3) is 0.333. The molecule has 2 aromatic carbocycles. The van der Waals surface area contributed by atoms with Crippen LogP contribution < -0.4 is 15.4 Å². The molecule has 2 amide bonds. The van der Waals surface area contributed by atoms with Gasteiger partial charge in [0.2, 0.25) is 5.91 Å². The zero-order valence-electron chi connectivity index (χ0n) is 15.5. The van der Waals surface area contributed by atoms with Crippen molar-refractivity contribution >= 4 is 11.8 Å². The molecule has 0 heterocycles. The fourth-order valence-corrected chi connectivity index (χ4v) is 2.61. The highest BCUT2D eigenvalue weighted by Crippen LogP contribution is 2.17. The molecule has 144 valence electrons. The van der Waals surface area contributed by atoms with Gasteiger partial charge in [-0.3, -0.25) is 9.59 Å². The van der Waals surface area contributed by atoms with Crippen LogP contribution in [0.2, 0.25) is 0 Å². The lowest BCUT2D eigenvalue weighted by Crippen LogP contribution is -2.28. The Morgan fingerprint density at radius 1 is 1.00 bits per heavy atom. The molecule has 0 radical (unpaired) electrons. The summed E-state index contributed by atoms with van der Waals surface area (Å²) >= 11 is 0. The molecule has 2 aromatic rings. The fourth-order valence-electron chi connectivity index (χ4n) is 2.61. The first-order chi connectivity index (χ1) is 13.1. The standard InChI is InChI=1S/C21H25FN2O3/c1-2-27-19-11-6-4-9-17(19)21(26)24-14-7-12-20(25)23-15-13-16-8-3-5-10-18(16)22/h3-6,8-11H,2,7,12-15H2,1H3,(H,23,25)(H,24,26). The van der Waals surface area contributed by atoms with Crippen LogP contribution in [0.4, 0.5) is 4.39 Å². The average Bonchev–Trinajstić information content (AvgIpc) is 2.67. The van der Waals surface area contributed by atoms with E-state index < -0.39 is 0 Å².